The topological polar surface area (TPSA) is 93.2 Å². The number of oxazole rings is 1. The van der Waals surface area contributed by atoms with Gasteiger partial charge in [0.1, 0.15) is 5.76 Å². The van der Waals surface area contributed by atoms with Crippen molar-refractivity contribution in [3.05, 3.63) is 45.9 Å². The van der Waals surface area contributed by atoms with Crippen LogP contribution in [-0.2, 0) is 17.6 Å². The Morgan fingerprint density at radius 2 is 2.25 bits per heavy atom. The largest absolute Gasteiger partial charge is 0.490 e. The second kappa shape index (κ2) is 8.20. The predicted molar refractivity (Wildman–Crippen MR) is 100 cm³/mol. The van der Waals surface area contributed by atoms with E-state index in [1.54, 1.807) is 12.1 Å². The molecule has 2 aromatic rings. The number of hydrogen-bond donors (Lipinski definition) is 0. The zero-order valence-electron chi connectivity index (χ0n) is 15.8. The van der Waals surface area contributed by atoms with Crippen LogP contribution >= 0.6 is 0 Å². The molecular weight excluding hydrogens is 363 g/mol. The van der Waals surface area contributed by atoms with Crippen LogP contribution in [0.3, 0.4) is 0 Å². The van der Waals surface area contributed by atoms with Gasteiger partial charge in [-0.1, -0.05) is 12.0 Å². The molecule has 8 heteroatoms. The van der Waals surface area contributed by atoms with Crippen molar-refractivity contribution in [1.82, 2.24) is 4.98 Å². The first-order chi connectivity index (χ1) is 13.6. The van der Waals surface area contributed by atoms with E-state index in [-0.39, 0.29) is 17.9 Å². The standard InChI is InChI=1S/C20H23FN4O3/c1-12(24-25-22)10-26-15-5-7-19-17(9-15)23-20(28-19)14-4-6-18(16(21)8-14)27-11-13-2-3-13/h4,6,8,12-13,15H,2-3,5,7,9-11H2,1H3. The molecule has 0 bridgehead atoms. The maximum absolute atomic E-state index is 14.3. The van der Waals surface area contributed by atoms with Crippen molar-refractivity contribution >= 4 is 0 Å². The van der Waals surface area contributed by atoms with Gasteiger partial charge in [-0.15, -0.1) is 0 Å². The minimum atomic E-state index is -0.400. The molecule has 1 fully saturated rings. The lowest BCUT2D eigenvalue weighted by molar-refractivity contribution is 0.0359. The molecule has 148 valence electrons. The number of halogens is 1. The van der Waals surface area contributed by atoms with Crippen molar-refractivity contribution in [2.45, 2.75) is 51.2 Å². The van der Waals surface area contributed by atoms with Crippen LogP contribution in [0.5, 0.6) is 5.75 Å². The van der Waals surface area contributed by atoms with E-state index in [1.165, 1.54) is 6.07 Å². The second-order valence-electron chi connectivity index (χ2n) is 7.54. The fourth-order valence-electron chi connectivity index (χ4n) is 3.25. The van der Waals surface area contributed by atoms with Crippen molar-refractivity contribution in [1.29, 1.82) is 0 Å². The quantitative estimate of drug-likeness (QED) is 0.368. The van der Waals surface area contributed by atoms with Crippen LogP contribution in [0.2, 0.25) is 0 Å². The minimum absolute atomic E-state index is 0.0109. The summed E-state index contributed by atoms with van der Waals surface area (Å²) >= 11 is 0. The van der Waals surface area contributed by atoms with E-state index >= 15 is 0 Å². The highest BCUT2D eigenvalue weighted by atomic mass is 19.1. The Labute approximate surface area is 162 Å². The third-order valence-corrected chi connectivity index (χ3v) is 5.06. The molecule has 0 N–H and O–H groups in total. The van der Waals surface area contributed by atoms with E-state index in [4.69, 9.17) is 19.4 Å². The Morgan fingerprint density at radius 3 is 3.00 bits per heavy atom. The van der Waals surface area contributed by atoms with Crippen LogP contribution < -0.4 is 4.74 Å². The fourth-order valence-corrected chi connectivity index (χ4v) is 3.25. The summed E-state index contributed by atoms with van der Waals surface area (Å²) in [4.78, 5) is 7.34. The van der Waals surface area contributed by atoms with E-state index in [2.05, 4.69) is 15.0 Å². The Balaban J connectivity index is 1.41. The fraction of sp³-hybridized carbons (Fsp3) is 0.550. The maximum Gasteiger partial charge on any atom is 0.226 e. The monoisotopic (exact) mass is 386 g/mol. The van der Waals surface area contributed by atoms with Gasteiger partial charge in [0.05, 0.1) is 31.1 Å². The van der Waals surface area contributed by atoms with Crippen molar-refractivity contribution in [3.8, 4) is 17.2 Å². The number of benzene rings is 1. The van der Waals surface area contributed by atoms with Gasteiger partial charge in [-0.2, -0.15) is 0 Å². The van der Waals surface area contributed by atoms with Crippen molar-refractivity contribution in [2.24, 2.45) is 11.0 Å². The molecule has 1 saturated carbocycles. The van der Waals surface area contributed by atoms with Crippen molar-refractivity contribution in [2.75, 3.05) is 13.2 Å². The molecule has 1 aromatic heterocycles. The highest BCUT2D eigenvalue weighted by Gasteiger charge is 2.26. The molecule has 1 heterocycles. The number of nitrogens with zero attached hydrogens (tertiary/aromatic N) is 4. The Hall–Kier alpha value is -2.57. The Morgan fingerprint density at radius 1 is 1.39 bits per heavy atom. The minimum Gasteiger partial charge on any atom is -0.490 e. The van der Waals surface area contributed by atoms with Crippen molar-refractivity contribution < 1.29 is 18.3 Å². The summed E-state index contributed by atoms with van der Waals surface area (Å²) in [6.45, 7) is 2.76. The number of ether oxygens (including phenoxy) is 2. The lowest BCUT2D eigenvalue weighted by Gasteiger charge is -2.21. The average Bonchev–Trinajstić information content (AvgIpc) is 3.42. The van der Waals surface area contributed by atoms with Gasteiger partial charge in [-0.05, 0) is 48.9 Å². The molecule has 7 nitrogen and oxygen atoms in total. The Bertz CT molecular complexity index is 890. The first-order valence-corrected chi connectivity index (χ1v) is 9.69. The van der Waals surface area contributed by atoms with E-state index in [1.807, 2.05) is 6.92 Å². The molecule has 0 aliphatic heterocycles. The van der Waals surface area contributed by atoms with Crippen LogP contribution in [0.25, 0.3) is 21.9 Å². The first-order valence-electron chi connectivity index (χ1n) is 9.69. The lowest BCUT2D eigenvalue weighted by Crippen LogP contribution is -2.25. The SMILES string of the molecule is CC(COC1CCc2oc(-c3ccc(OCC4CC4)c(F)c3)nc2C1)N=[N+]=[N-]. The van der Waals surface area contributed by atoms with Crippen molar-refractivity contribution in [3.63, 3.8) is 0 Å². The zero-order chi connectivity index (χ0) is 19.5. The molecule has 0 amide bonds. The number of fused-ring (bicyclic) bond motifs is 1. The molecule has 2 aliphatic carbocycles. The van der Waals surface area contributed by atoms with E-state index in [0.717, 1.165) is 30.7 Å². The molecule has 0 radical (unpaired) electrons. The van der Waals surface area contributed by atoms with E-state index < -0.39 is 5.82 Å². The summed E-state index contributed by atoms with van der Waals surface area (Å²) < 4.78 is 31.6. The lowest BCUT2D eigenvalue weighted by atomic mass is 9.99. The van der Waals surface area contributed by atoms with Crippen LogP contribution in [0.1, 0.15) is 37.6 Å². The molecule has 28 heavy (non-hydrogen) atoms. The van der Waals surface area contributed by atoms with Crippen LogP contribution in [0, 0.1) is 11.7 Å². The normalized spacial score (nSPS) is 19.6. The summed E-state index contributed by atoms with van der Waals surface area (Å²) in [6.07, 6.45) is 4.50. The molecule has 1 aromatic carbocycles. The van der Waals surface area contributed by atoms with Crippen LogP contribution in [-0.4, -0.2) is 30.3 Å². The van der Waals surface area contributed by atoms with Gasteiger partial charge in [-0.3, -0.25) is 0 Å². The summed E-state index contributed by atoms with van der Waals surface area (Å²) in [5.41, 5.74) is 9.90. The molecule has 4 rings (SSSR count). The summed E-state index contributed by atoms with van der Waals surface area (Å²) in [5, 5.41) is 3.61. The molecule has 2 aliphatic rings. The third-order valence-electron chi connectivity index (χ3n) is 5.06. The van der Waals surface area contributed by atoms with Gasteiger partial charge < -0.3 is 13.9 Å². The number of azide groups is 1. The number of rotatable bonds is 8. The van der Waals surface area contributed by atoms with Crippen LogP contribution in [0.15, 0.2) is 27.7 Å². The third kappa shape index (κ3) is 4.46. The molecular formula is C20H23FN4O3. The zero-order valence-corrected chi connectivity index (χ0v) is 15.8. The summed E-state index contributed by atoms with van der Waals surface area (Å²) in [5.74, 6) is 1.69. The predicted octanol–water partition coefficient (Wildman–Crippen LogP) is 4.84. The van der Waals surface area contributed by atoms with Gasteiger partial charge in [0.25, 0.3) is 0 Å². The Kier molecular flexibility index (Phi) is 5.50. The molecule has 0 spiro atoms. The average molecular weight is 386 g/mol. The smallest absolute Gasteiger partial charge is 0.226 e. The summed E-state index contributed by atoms with van der Waals surface area (Å²) in [6, 6.07) is 4.62. The van der Waals surface area contributed by atoms with Gasteiger partial charge in [-0.25, -0.2) is 9.37 Å². The highest BCUT2D eigenvalue weighted by Crippen LogP contribution is 2.33. The molecule has 2 unspecified atom stereocenters. The second-order valence-corrected chi connectivity index (χ2v) is 7.54. The highest BCUT2D eigenvalue weighted by molar-refractivity contribution is 5.56. The summed E-state index contributed by atoms with van der Waals surface area (Å²) in [7, 11) is 0. The van der Waals surface area contributed by atoms with E-state index in [0.29, 0.717) is 43.4 Å². The molecule has 0 saturated heterocycles. The van der Waals surface area contributed by atoms with Gasteiger partial charge in [0.15, 0.2) is 11.6 Å². The van der Waals surface area contributed by atoms with Gasteiger partial charge in [0, 0.05) is 23.3 Å². The van der Waals surface area contributed by atoms with Crippen LogP contribution in [0.4, 0.5) is 4.39 Å². The van der Waals surface area contributed by atoms with Gasteiger partial charge >= 0.3 is 0 Å². The number of aromatic nitrogens is 1. The maximum atomic E-state index is 14.3. The first kappa shape index (κ1) is 18.8. The van der Waals surface area contributed by atoms with E-state index in [9.17, 15) is 4.39 Å². The number of aryl methyl sites for hydroxylation is 1. The molecule has 2 atom stereocenters. The van der Waals surface area contributed by atoms with Gasteiger partial charge in [0.2, 0.25) is 5.89 Å². The number of hydrogen-bond acceptors (Lipinski definition) is 5.